The third-order valence-electron chi connectivity index (χ3n) is 3.55. The minimum atomic E-state index is -2.98. The first-order chi connectivity index (χ1) is 9.87. The molecule has 2 unspecified atom stereocenters. The number of non-ortho nitro benzene ring substituents is 1. The van der Waals surface area contributed by atoms with Crippen molar-refractivity contribution >= 4 is 15.5 Å². The molecule has 8 heteroatoms. The number of aliphatic hydroxyl groups excluding tert-OH is 1. The van der Waals surface area contributed by atoms with Crippen LogP contribution in [0.2, 0.25) is 0 Å². The number of rotatable bonds is 5. The first kappa shape index (κ1) is 15.9. The van der Waals surface area contributed by atoms with Gasteiger partial charge in [0.05, 0.1) is 22.5 Å². The Kier molecular flexibility index (Phi) is 4.92. The molecule has 1 saturated heterocycles. The molecule has 1 aromatic carbocycles. The van der Waals surface area contributed by atoms with E-state index in [1.165, 1.54) is 24.3 Å². The molecule has 0 saturated carbocycles. The smallest absolute Gasteiger partial charge is 0.269 e. The quantitative estimate of drug-likeness (QED) is 0.614. The molecule has 2 rings (SSSR count). The lowest BCUT2D eigenvalue weighted by Crippen LogP contribution is -2.41. The Morgan fingerprint density at radius 1 is 1.38 bits per heavy atom. The van der Waals surface area contributed by atoms with Crippen molar-refractivity contribution in [2.45, 2.75) is 25.0 Å². The largest absolute Gasteiger partial charge is 0.387 e. The van der Waals surface area contributed by atoms with Gasteiger partial charge in [0, 0.05) is 24.7 Å². The third kappa shape index (κ3) is 4.48. The first-order valence-corrected chi connectivity index (χ1v) is 8.56. The van der Waals surface area contributed by atoms with Crippen LogP contribution in [-0.4, -0.2) is 42.5 Å². The van der Waals surface area contributed by atoms with Crippen LogP contribution in [0.5, 0.6) is 0 Å². The van der Waals surface area contributed by atoms with E-state index in [1.807, 2.05) is 0 Å². The molecular formula is C13H18N2O5S. The molecule has 0 aliphatic carbocycles. The van der Waals surface area contributed by atoms with Gasteiger partial charge >= 0.3 is 0 Å². The molecular weight excluding hydrogens is 296 g/mol. The monoisotopic (exact) mass is 314 g/mol. The van der Waals surface area contributed by atoms with Crippen LogP contribution in [0.3, 0.4) is 0 Å². The fourth-order valence-corrected chi connectivity index (χ4v) is 4.07. The summed E-state index contributed by atoms with van der Waals surface area (Å²) in [4.78, 5) is 10.1. The predicted molar refractivity (Wildman–Crippen MR) is 77.7 cm³/mol. The fraction of sp³-hybridized carbons (Fsp3) is 0.538. The Labute approximate surface area is 123 Å². The summed E-state index contributed by atoms with van der Waals surface area (Å²) >= 11 is 0. The summed E-state index contributed by atoms with van der Waals surface area (Å²) in [6.07, 6.45) is 0.579. The zero-order valence-corrected chi connectivity index (χ0v) is 12.3. The van der Waals surface area contributed by atoms with Gasteiger partial charge in [-0.3, -0.25) is 10.1 Å². The highest BCUT2D eigenvalue weighted by Gasteiger charge is 2.24. The van der Waals surface area contributed by atoms with Crippen LogP contribution in [-0.2, 0) is 9.84 Å². The first-order valence-electron chi connectivity index (χ1n) is 6.73. The maximum Gasteiger partial charge on any atom is 0.269 e. The molecule has 7 nitrogen and oxygen atoms in total. The van der Waals surface area contributed by atoms with E-state index in [1.54, 1.807) is 0 Å². The molecule has 0 aromatic heterocycles. The van der Waals surface area contributed by atoms with Gasteiger partial charge in [0.2, 0.25) is 0 Å². The van der Waals surface area contributed by atoms with E-state index in [4.69, 9.17) is 0 Å². The van der Waals surface area contributed by atoms with Gasteiger partial charge in [-0.2, -0.15) is 0 Å². The lowest BCUT2D eigenvalue weighted by atomic mass is 10.1. The maximum atomic E-state index is 11.5. The van der Waals surface area contributed by atoms with E-state index in [9.17, 15) is 23.6 Å². The molecule has 0 spiro atoms. The van der Waals surface area contributed by atoms with Crippen molar-refractivity contribution in [3.8, 4) is 0 Å². The summed E-state index contributed by atoms with van der Waals surface area (Å²) in [6.45, 7) is 0.220. The average molecular weight is 314 g/mol. The number of nitro benzene ring substituents is 1. The molecule has 116 valence electrons. The second-order valence-electron chi connectivity index (χ2n) is 5.23. The fourth-order valence-electron chi connectivity index (χ4n) is 2.40. The highest BCUT2D eigenvalue weighted by molar-refractivity contribution is 7.91. The molecule has 1 fully saturated rings. The number of hydrogen-bond acceptors (Lipinski definition) is 6. The van der Waals surface area contributed by atoms with Crippen LogP contribution in [0, 0.1) is 10.1 Å². The van der Waals surface area contributed by atoms with E-state index in [-0.39, 0.29) is 29.8 Å². The standard InChI is InChI=1S/C13H18N2O5S/c16-13(10-3-5-12(6-4-10)15(17)18)8-14-11-2-1-7-21(19,20)9-11/h3-6,11,13-14,16H,1-2,7-9H2. The lowest BCUT2D eigenvalue weighted by molar-refractivity contribution is -0.384. The summed E-state index contributed by atoms with van der Waals surface area (Å²) in [7, 11) is -2.98. The number of nitro groups is 1. The topological polar surface area (TPSA) is 110 Å². The minimum Gasteiger partial charge on any atom is -0.387 e. The summed E-state index contributed by atoms with van der Waals surface area (Å²) in [5.74, 6) is 0.329. The van der Waals surface area contributed by atoms with Gasteiger partial charge in [0.1, 0.15) is 0 Å². The predicted octanol–water partition coefficient (Wildman–Crippen LogP) is 0.795. The lowest BCUT2D eigenvalue weighted by Gasteiger charge is -2.24. The Morgan fingerprint density at radius 2 is 2.05 bits per heavy atom. The number of sulfone groups is 1. The van der Waals surface area contributed by atoms with E-state index in [0.717, 1.165) is 6.42 Å². The third-order valence-corrected chi connectivity index (χ3v) is 5.37. The van der Waals surface area contributed by atoms with Crippen molar-refractivity contribution in [1.29, 1.82) is 0 Å². The normalized spacial score (nSPS) is 22.6. The molecule has 1 aromatic rings. The molecule has 2 atom stereocenters. The van der Waals surface area contributed by atoms with Crippen molar-refractivity contribution in [1.82, 2.24) is 5.32 Å². The van der Waals surface area contributed by atoms with Gasteiger partial charge in [0.15, 0.2) is 9.84 Å². The van der Waals surface area contributed by atoms with Crippen LogP contribution >= 0.6 is 0 Å². The molecule has 2 N–H and O–H groups in total. The van der Waals surface area contributed by atoms with Gasteiger partial charge < -0.3 is 10.4 Å². The van der Waals surface area contributed by atoms with Gasteiger partial charge in [-0.15, -0.1) is 0 Å². The minimum absolute atomic E-state index is 0.0303. The molecule has 21 heavy (non-hydrogen) atoms. The van der Waals surface area contributed by atoms with Gasteiger partial charge in [0.25, 0.3) is 5.69 Å². The van der Waals surface area contributed by atoms with E-state index >= 15 is 0 Å². The van der Waals surface area contributed by atoms with E-state index < -0.39 is 20.9 Å². The Morgan fingerprint density at radius 3 is 2.62 bits per heavy atom. The van der Waals surface area contributed by atoms with Gasteiger partial charge in [-0.05, 0) is 30.5 Å². The van der Waals surface area contributed by atoms with E-state index in [2.05, 4.69) is 5.32 Å². The van der Waals surface area contributed by atoms with Crippen molar-refractivity contribution in [3.63, 3.8) is 0 Å². The average Bonchev–Trinajstić information content (AvgIpc) is 2.44. The van der Waals surface area contributed by atoms with Crippen LogP contribution < -0.4 is 5.32 Å². The van der Waals surface area contributed by atoms with Crippen LogP contribution in [0.1, 0.15) is 24.5 Å². The Balaban J connectivity index is 1.89. The zero-order valence-electron chi connectivity index (χ0n) is 11.4. The zero-order chi connectivity index (χ0) is 15.5. The summed E-state index contributed by atoms with van der Waals surface area (Å²) < 4.78 is 23.0. The molecule has 0 bridgehead atoms. The van der Waals surface area contributed by atoms with Gasteiger partial charge in [-0.1, -0.05) is 0 Å². The molecule has 1 aliphatic rings. The number of aliphatic hydroxyl groups is 1. The highest BCUT2D eigenvalue weighted by Crippen LogP contribution is 2.18. The summed E-state index contributed by atoms with van der Waals surface area (Å²) in [5.41, 5.74) is 0.532. The summed E-state index contributed by atoms with van der Waals surface area (Å²) in [5, 5.41) is 23.6. The molecule has 0 radical (unpaired) electrons. The Bertz CT molecular complexity index is 599. The van der Waals surface area contributed by atoms with E-state index in [0.29, 0.717) is 12.0 Å². The highest BCUT2D eigenvalue weighted by atomic mass is 32.2. The number of hydrogen-bond donors (Lipinski definition) is 2. The molecule has 1 heterocycles. The number of benzene rings is 1. The Hall–Kier alpha value is -1.51. The number of nitrogens with one attached hydrogen (secondary N) is 1. The maximum absolute atomic E-state index is 11.5. The molecule has 0 amide bonds. The van der Waals surface area contributed by atoms with Crippen molar-refractivity contribution in [2.24, 2.45) is 0 Å². The van der Waals surface area contributed by atoms with Crippen molar-refractivity contribution in [3.05, 3.63) is 39.9 Å². The van der Waals surface area contributed by atoms with Crippen LogP contribution in [0.15, 0.2) is 24.3 Å². The van der Waals surface area contributed by atoms with Crippen LogP contribution in [0.4, 0.5) is 5.69 Å². The second-order valence-corrected chi connectivity index (χ2v) is 7.45. The van der Waals surface area contributed by atoms with Gasteiger partial charge in [-0.25, -0.2) is 8.42 Å². The second kappa shape index (κ2) is 6.50. The molecule has 1 aliphatic heterocycles. The van der Waals surface area contributed by atoms with Crippen molar-refractivity contribution < 1.29 is 18.4 Å². The summed E-state index contributed by atoms with van der Waals surface area (Å²) in [6, 6.07) is 5.54. The number of nitrogens with zero attached hydrogens (tertiary/aromatic N) is 1. The SMILES string of the molecule is O=[N+]([O-])c1ccc(C(O)CNC2CCCS(=O)(=O)C2)cc1. The van der Waals surface area contributed by atoms with Crippen LogP contribution in [0.25, 0.3) is 0 Å². The van der Waals surface area contributed by atoms with Crippen molar-refractivity contribution in [2.75, 3.05) is 18.1 Å².